The number of aromatic nitrogens is 3. The van der Waals surface area contributed by atoms with Gasteiger partial charge in [0.2, 0.25) is 5.91 Å². The highest BCUT2D eigenvalue weighted by Crippen LogP contribution is 2.47. The lowest BCUT2D eigenvalue weighted by Crippen LogP contribution is -2.61. The van der Waals surface area contributed by atoms with E-state index in [1.54, 1.807) is 18.2 Å². The van der Waals surface area contributed by atoms with Gasteiger partial charge in [0.05, 0.1) is 16.5 Å². The largest absolute Gasteiger partial charge is 0.366 e. The number of hydrogen-bond acceptors (Lipinski definition) is 6. The van der Waals surface area contributed by atoms with E-state index in [2.05, 4.69) is 20.4 Å². The number of aromatic amines is 1. The molecule has 1 amide bonds. The second-order valence-corrected chi connectivity index (χ2v) is 10.2. The van der Waals surface area contributed by atoms with Gasteiger partial charge >= 0.3 is 0 Å². The van der Waals surface area contributed by atoms with Gasteiger partial charge in [0.15, 0.2) is 0 Å². The van der Waals surface area contributed by atoms with Crippen LogP contribution in [0.1, 0.15) is 40.5 Å². The first-order valence-corrected chi connectivity index (χ1v) is 12.3. The molecule has 4 atom stereocenters. The van der Waals surface area contributed by atoms with Gasteiger partial charge in [-0.15, -0.1) is 0 Å². The predicted molar refractivity (Wildman–Crippen MR) is 133 cm³/mol. The van der Waals surface area contributed by atoms with E-state index in [4.69, 9.17) is 0 Å². The van der Waals surface area contributed by atoms with Gasteiger partial charge in [0, 0.05) is 72.4 Å². The van der Waals surface area contributed by atoms with Crippen LogP contribution in [-0.2, 0) is 24.3 Å². The average molecular weight is 489 g/mol. The number of fused-ring (bicyclic) bond motifs is 8. The zero-order valence-corrected chi connectivity index (χ0v) is 20.2. The number of benzene rings is 1. The number of H-pyrrole nitrogens is 1. The molecule has 0 spiro atoms. The van der Waals surface area contributed by atoms with E-state index in [0.29, 0.717) is 26.1 Å². The van der Waals surface area contributed by atoms with Gasteiger partial charge in [-0.25, -0.2) is 0 Å². The molecule has 10 nitrogen and oxygen atoms in total. The molecule has 5 heterocycles. The molecule has 36 heavy (non-hydrogen) atoms. The van der Waals surface area contributed by atoms with Crippen LogP contribution >= 0.6 is 0 Å². The van der Waals surface area contributed by atoms with Crippen LogP contribution < -0.4 is 15.8 Å². The number of piperidine rings is 1. The van der Waals surface area contributed by atoms with Crippen molar-refractivity contribution in [3.63, 3.8) is 0 Å². The molecule has 1 fully saturated rings. The summed E-state index contributed by atoms with van der Waals surface area (Å²) in [6, 6.07) is 10.3. The number of anilines is 1. The Hall–Kier alpha value is -3.95. The smallest absolute Gasteiger partial charge is 0.269 e. The third-order valence-electron chi connectivity index (χ3n) is 8.26. The van der Waals surface area contributed by atoms with Crippen LogP contribution in [0.2, 0.25) is 0 Å². The second-order valence-electron chi connectivity index (χ2n) is 10.2. The summed E-state index contributed by atoms with van der Waals surface area (Å²) in [5.74, 6) is -0.187. The lowest BCUT2D eigenvalue weighted by atomic mass is 9.70. The zero-order chi connectivity index (χ0) is 25.1. The summed E-state index contributed by atoms with van der Waals surface area (Å²) in [6.45, 7) is 5.43. The number of nitro groups is 1. The molecular formula is C26H28N6O4. The van der Waals surface area contributed by atoms with Crippen LogP contribution in [0.15, 0.2) is 41.2 Å². The number of carbonyl (C=O) groups is 1. The van der Waals surface area contributed by atoms with Gasteiger partial charge in [-0.05, 0) is 50.3 Å². The predicted octanol–water partition coefficient (Wildman–Crippen LogP) is 2.58. The molecule has 1 aromatic carbocycles. The highest BCUT2D eigenvalue weighted by Gasteiger charge is 2.49. The monoisotopic (exact) mass is 488 g/mol. The number of nitrogens with one attached hydrogen (secondary N) is 2. The molecule has 186 valence electrons. The molecule has 3 aliphatic heterocycles. The van der Waals surface area contributed by atoms with Gasteiger partial charge in [-0.1, -0.05) is 6.07 Å². The second kappa shape index (κ2) is 8.32. The fraction of sp³-hybridized carbons (Fsp3) is 0.423. The highest BCUT2D eigenvalue weighted by molar-refractivity contribution is 5.82. The Morgan fingerprint density at radius 3 is 2.83 bits per heavy atom. The first-order chi connectivity index (χ1) is 17.3. The van der Waals surface area contributed by atoms with Crippen molar-refractivity contribution in [1.29, 1.82) is 0 Å². The Kier molecular flexibility index (Phi) is 5.20. The topological polar surface area (TPSA) is 126 Å². The van der Waals surface area contributed by atoms with E-state index in [9.17, 15) is 19.7 Å². The average Bonchev–Trinajstić information content (AvgIpc) is 3.19. The van der Waals surface area contributed by atoms with Crippen LogP contribution in [0, 0.1) is 35.8 Å². The maximum absolute atomic E-state index is 13.7. The minimum Gasteiger partial charge on any atom is -0.366 e. The Bertz CT molecular complexity index is 1420. The van der Waals surface area contributed by atoms with Crippen molar-refractivity contribution in [2.45, 2.75) is 51.7 Å². The SMILES string of the molecule is Cc1n[nH]c(C)c1CNC(=O)[C@@H]1Cc2cc([N+](=O)[O-])ccc2N2C[C@H]3C[C@@H](Cn4c3cccc4=O)[C@@H]12. The number of non-ortho nitro benzene ring substituents is 1. The Labute approximate surface area is 207 Å². The standard InChI is InChI=1S/C26H28N6O4/c1-14-21(15(2)29-28-14)11-27-26(34)20-10-16-9-19(32(35)36)6-7-23(16)31-12-17-8-18(25(20)31)13-30-22(17)4-3-5-24(30)33/h3-7,9,17-18,20,25H,8,10-13H2,1-2H3,(H,27,34)(H,28,29)/t17-,18+,20-,25+/m1/s1. The number of rotatable bonds is 4. The third-order valence-corrected chi connectivity index (χ3v) is 8.26. The van der Waals surface area contributed by atoms with Crippen molar-refractivity contribution < 1.29 is 9.72 Å². The summed E-state index contributed by atoms with van der Waals surface area (Å²) in [6.07, 6.45) is 1.34. The Morgan fingerprint density at radius 2 is 2.08 bits per heavy atom. The summed E-state index contributed by atoms with van der Waals surface area (Å²) in [7, 11) is 0. The highest BCUT2D eigenvalue weighted by atomic mass is 16.6. The summed E-state index contributed by atoms with van der Waals surface area (Å²) < 4.78 is 1.87. The Balaban J connectivity index is 1.38. The quantitative estimate of drug-likeness (QED) is 0.429. The number of nitro benzene ring substituents is 1. The van der Waals surface area contributed by atoms with Crippen molar-refractivity contribution in [3.8, 4) is 0 Å². The van der Waals surface area contributed by atoms with E-state index in [1.165, 1.54) is 0 Å². The van der Waals surface area contributed by atoms with Gasteiger partial charge in [-0.3, -0.25) is 24.8 Å². The summed E-state index contributed by atoms with van der Waals surface area (Å²) in [5.41, 5.74) is 5.57. The van der Waals surface area contributed by atoms with Crippen LogP contribution in [0.25, 0.3) is 0 Å². The van der Waals surface area contributed by atoms with Crippen molar-refractivity contribution in [2.24, 2.45) is 11.8 Å². The maximum Gasteiger partial charge on any atom is 0.269 e. The van der Waals surface area contributed by atoms with Crippen LogP contribution in [0.3, 0.4) is 0 Å². The number of nitrogens with zero attached hydrogens (tertiary/aromatic N) is 4. The molecule has 2 bridgehead atoms. The minimum absolute atomic E-state index is 0.00519. The number of aryl methyl sites for hydroxylation is 2. The fourth-order valence-corrected chi connectivity index (χ4v) is 6.59. The van der Waals surface area contributed by atoms with Gasteiger partial charge in [-0.2, -0.15) is 5.10 Å². The van der Waals surface area contributed by atoms with Crippen LogP contribution in [0.5, 0.6) is 0 Å². The van der Waals surface area contributed by atoms with Crippen molar-refractivity contribution in [3.05, 3.63) is 85.1 Å². The summed E-state index contributed by atoms with van der Waals surface area (Å²) >= 11 is 0. The van der Waals surface area contributed by atoms with Crippen molar-refractivity contribution >= 4 is 17.3 Å². The first kappa shape index (κ1) is 22.5. The van der Waals surface area contributed by atoms with E-state index in [1.807, 2.05) is 36.6 Å². The molecule has 2 aromatic heterocycles. The molecular weight excluding hydrogens is 460 g/mol. The minimum atomic E-state index is -0.390. The first-order valence-electron chi connectivity index (χ1n) is 12.3. The third kappa shape index (κ3) is 3.51. The van der Waals surface area contributed by atoms with Gasteiger partial charge in [0.1, 0.15) is 0 Å². The number of carbonyl (C=O) groups excluding carboxylic acids is 1. The molecule has 2 N–H and O–H groups in total. The number of amides is 1. The molecule has 10 heteroatoms. The van der Waals surface area contributed by atoms with Gasteiger partial charge < -0.3 is 14.8 Å². The molecule has 6 rings (SSSR count). The molecule has 3 aliphatic rings. The van der Waals surface area contributed by atoms with Crippen molar-refractivity contribution in [2.75, 3.05) is 11.4 Å². The van der Waals surface area contributed by atoms with E-state index < -0.39 is 0 Å². The number of hydrogen-bond donors (Lipinski definition) is 2. The maximum atomic E-state index is 13.7. The van der Waals surface area contributed by atoms with E-state index in [0.717, 1.165) is 40.3 Å². The molecule has 0 saturated carbocycles. The van der Waals surface area contributed by atoms with Crippen molar-refractivity contribution in [1.82, 2.24) is 20.1 Å². The lowest BCUT2D eigenvalue weighted by Gasteiger charge is -2.54. The fourth-order valence-electron chi connectivity index (χ4n) is 6.59. The zero-order valence-electron chi connectivity index (χ0n) is 20.2. The summed E-state index contributed by atoms with van der Waals surface area (Å²) in [5, 5.41) is 21.8. The molecule has 0 radical (unpaired) electrons. The molecule has 0 unspecified atom stereocenters. The van der Waals surface area contributed by atoms with Crippen LogP contribution in [-0.4, -0.2) is 38.2 Å². The molecule has 1 saturated heterocycles. The molecule has 0 aliphatic carbocycles. The van der Waals surface area contributed by atoms with Crippen LogP contribution in [0.4, 0.5) is 11.4 Å². The molecule has 3 aromatic rings. The van der Waals surface area contributed by atoms with E-state index in [-0.39, 0.29) is 45.9 Å². The summed E-state index contributed by atoms with van der Waals surface area (Å²) in [4.78, 5) is 39.7. The van der Waals surface area contributed by atoms with E-state index >= 15 is 0 Å². The normalized spacial score (nSPS) is 23.9. The number of pyridine rings is 1. The Morgan fingerprint density at radius 1 is 1.25 bits per heavy atom. The lowest BCUT2D eigenvalue weighted by molar-refractivity contribution is -0.384. The van der Waals surface area contributed by atoms with Gasteiger partial charge in [0.25, 0.3) is 11.2 Å².